The molecule has 0 fully saturated rings. The van der Waals surface area contributed by atoms with Gasteiger partial charge in [-0.1, -0.05) is 167 Å². The number of thiophene rings is 1. The minimum atomic E-state index is -0.164. The topological polar surface area (TPSA) is 19.2 Å². The second-order valence-electron chi connectivity index (χ2n) is 30.7. The van der Waals surface area contributed by atoms with E-state index in [-0.39, 0.29) is 37.9 Å². The van der Waals surface area contributed by atoms with E-state index in [9.17, 15) is 0 Å². The van der Waals surface area contributed by atoms with Crippen LogP contribution in [0.25, 0.3) is 109 Å². The number of hydrogen-bond acceptors (Lipinski definition) is 1. The fourth-order valence-electron chi connectivity index (χ4n) is 15.5. The molecule has 0 spiro atoms. The van der Waals surface area contributed by atoms with E-state index in [4.69, 9.17) is 0 Å². The van der Waals surface area contributed by atoms with Gasteiger partial charge in [0.25, 0.3) is 0 Å². The summed E-state index contributed by atoms with van der Waals surface area (Å²) < 4.78 is 11.9. The van der Waals surface area contributed by atoms with Crippen LogP contribution in [0, 0.1) is 0 Å². The third-order valence-electron chi connectivity index (χ3n) is 19.7. The summed E-state index contributed by atoms with van der Waals surface area (Å²) >= 11 is 1.96. The zero-order valence-electron chi connectivity index (χ0n) is 51.1. The summed E-state index contributed by atoms with van der Waals surface area (Å²) in [6.07, 6.45) is 1.15. The Morgan fingerprint density at radius 3 is 1.47 bits per heavy atom. The lowest BCUT2D eigenvalue weighted by Crippen LogP contribution is -2.18. The van der Waals surface area contributed by atoms with Gasteiger partial charge in [0.15, 0.2) is 0 Å². The van der Waals surface area contributed by atoms with Crippen LogP contribution in [0.1, 0.15) is 176 Å². The molecule has 81 heavy (non-hydrogen) atoms. The lowest BCUT2D eigenvalue weighted by molar-refractivity contribution is 0.403. The Hall–Kier alpha value is -7.08. The first kappa shape index (κ1) is 50.8. The molecule has 15 rings (SSSR count). The van der Waals surface area contributed by atoms with Crippen molar-refractivity contribution in [3.05, 3.63) is 178 Å². The Labute approximate surface area is 482 Å². The SMILES string of the molecule is CC(C)(C)c1ccc(-n2c3cccc4c3-n(c3ccc5c(c6cc(C(C)(C)C)cc7c8cc(C(C)(C)C)ccc8n5c76)c32)c2sc3cc5c(cc3c2n4-c2ccc(C(C)(C)C)cc2)-c2cc3c(cc2C5(C)C)C(C)(C)CC3(C)C)cc1. The lowest BCUT2D eigenvalue weighted by atomic mass is 9.79. The van der Waals surface area contributed by atoms with Crippen LogP contribution in [0.15, 0.2) is 133 Å². The second-order valence-corrected chi connectivity index (χ2v) is 31.8. The van der Waals surface area contributed by atoms with E-state index < -0.39 is 0 Å². The number of rotatable bonds is 2. The molecule has 0 radical (unpaired) electrons. The smallest absolute Gasteiger partial charge is 0.126 e. The summed E-state index contributed by atoms with van der Waals surface area (Å²) in [6.45, 7) is 42.8. The molecular weight excluding hydrogens is 1000 g/mol. The van der Waals surface area contributed by atoms with Gasteiger partial charge in [-0.2, -0.15) is 0 Å². The van der Waals surface area contributed by atoms with Crippen molar-refractivity contribution in [2.45, 2.75) is 169 Å². The molecule has 0 bridgehead atoms. The van der Waals surface area contributed by atoms with Gasteiger partial charge in [0.1, 0.15) is 4.83 Å². The third kappa shape index (κ3) is 6.88. The Bertz CT molecular complexity index is 4860. The maximum atomic E-state index is 2.69. The molecule has 4 aliphatic rings. The number of para-hydroxylation sites is 1. The highest BCUT2D eigenvalue weighted by atomic mass is 32.1. The zero-order valence-corrected chi connectivity index (χ0v) is 51.9. The molecule has 3 aromatic heterocycles. The van der Waals surface area contributed by atoms with Crippen LogP contribution in [0.4, 0.5) is 0 Å². The van der Waals surface area contributed by atoms with Crippen LogP contribution in [0.3, 0.4) is 0 Å². The van der Waals surface area contributed by atoms with E-state index in [0.29, 0.717) is 0 Å². The monoisotopic (exact) mass is 1080 g/mol. The van der Waals surface area contributed by atoms with E-state index in [1.165, 1.54) is 148 Å². The zero-order chi connectivity index (χ0) is 56.9. The van der Waals surface area contributed by atoms with Gasteiger partial charge in [0.2, 0.25) is 0 Å². The molecule has 4 nitrogen and oxygen atoms in total. The highest BCUT2D eigenvalue weighted by molar-refractivity contribution is 7.25. The number of aromatic nitrogens is 4. The van der Waals surface area contributed by atoms with Gasteiger partial charge >= 0.3 is 0 Å². The van der Waals surface area contributed by atoms with Crippen molar-refractivity contribution >= 4 is 91.9 Å². The first-order valence-electron chi connectivity index (χ1n) is 29.8. The molecule has 0 atom stereocenters. The second kappa shape index (κ2) is 15.7. The Morgan fingerprint density at radius 1 is 0.383 bits per heavy atom. The van der Waals surface area contributed by atoms with E-state index in [2.05, 4.69) is 276 Å². The molecule has 2 aliphatic heterocycles. The van der Waals surface area contributed by atoms with Crippen molar-refractivity contribution in [2.75, 3.05) is 0 Å². The van der Waals surface area contributed by atoms with Crippen molar-refractivity contribution in [1.29, 1.82) is 0 Å². The van der Waals surface area contributed by atoms with E-state index in [1.54, 1.807) is 0 Å². The molecule has 5 heterocycles. The van der Waals surface area contributed by atoms with Gasteiger partial charge in [-0.15, -0.1) is 11.3 Å². The summed E-state index contributed by atoms with van der Waals surface area (Å²) in [4.78, 5) is 1.25. The van der Waals surface area contributed by atoms with Crippen molar-refractivity contribution in [3.63, 3.8) is 0 Å². The molecule has 11 aromatic rings. The van der Waals surface area contributed by atoms with Crippen LogP contribution in [-0.4, -0.2) is 18.1 Å². The van der Waals surface area contributed by atoms with Gasteiger partial charge < -0.3 is 13.5 Å². The summed E-state index contributed by atoms with van der Waals surface area (Å²) in [6, 6.07) is 53.7. The fourth-order valence-corrected chi connectivity index (χ4v) is 16.7. The van der Waals surface area contributed by atoms with Gasteiger partial charge in [-0.25, -0.2) is 0 Å². The molecular formula is C76H78N4S. The van der Waals surface area contributed by atoms with Gasteiger partial charge in [0, 0.05) is 48.4 Å². The van der Waals surface area contributed by atoms with Gasteiger partial charge in [0.05, 0.1) is 49.8 Å². The van der Waals surface area contributed by atoms with Gasteiger partial charge in [-0.05, 0) is 186 Å². The summed E-state index contributed by atoms with van der Waals surface area (Å²) in [5.41, 5.74) is 27.4. The van der Waals surface area contributed by atoms with Crippen molar-refractivity contribution in [2.24, 2.45) is 0 Å². The maximum absolute atomic E-state index is 2.69. The van der Waals surface area contributed by atoms with Crippen LogP contribution < -0.4 is 0 Å². The molecule has 0 saturated heterocycles. The van der Waals surface area contributed by atoms with Crippen LogP contribution in [-0.2, 0) is 37.9 Å². The van der Waals surface area contributed by atoms with E-state index in [0.717, 1.165) is 12.1 Å². The van der Waals surface area contributed by atoms with Crippen molar-refractivity contribution in [3.8, 4) is 28.2 Å². The largest absolute Gasteiger partial charge is 0.308 e. The Morgan fingerprint density at radius 2 is 0.877 bits per heavy atom. The molecule has 0 saturated carbocycles. The fraction of sp³-hybridized carbons (Fsp3) is 0.342. The minimum Gasteiger partial charge on any atom is -0.308 e. The van der Waals surface area contributed by atoms with Crippen molar-refractivity contribution < 1.29 is 0 Å². The standard InChI is InChI=1S/C76H78N4S/c1-70(2,3)42-22-27-46(28-23-42)77-60-20-19-21-61-67(60)80(69-66(77)52-37-48-49-38-56-57(75(15,16)41-74(56,13)14)39-54(49)76(17,18)55(48)40-63(52)81-69)62-33-32-59-64(68(62)78(61)47-29-24-43(25-30-47)71(4,5)6)53-36-45(73(10,11)12)35-51-50-34-44(72(7,8)9)26-31-58(50)79(59)65(51)53/h19-40H,41H2,1-18H3. The highest BCUT2D eigenvalue weighted by Gasteiger charge is 2.46. The predicted molar refractivity (Wildman–Crippen MR) is 350 cm³/mol. The normalized spacial score (nSPS) is 16.3. The first-order chi connectivity index (χ1) is 37.9. The molecule has 0 unspecified atom stereocenters. The third-order valence-corrected chi connectivity index (χ3v) is 20.9. The number of nitrogens with zero attached hydrogens (tertiary/aromatic N) is 4. The maximum Gasteiger partial charge on any atom is 0.126 e. The summed E-state index contributed by atoms with van der Waals surface area (Å²) in [5, 5.41) is 6.55. The van der Waals surface area contributed by atoms with Crippen LogP contribution in [0.2, 0.25) is 0 Å². The molecule has 8 aromatic carbocycles. The van der Waals surface area contributed by atoms with Crippen LogP contribution in [0.5, 0.6) is 0 Å². The number of fused-ring (bicyclic) bond motifs is 17. The van der Waals surface area contributed by atoms with Crippen molar-refractivity contribution in [1.82, 2.24) is 18.1 Å². The molecule has 0 N–H and O–H groups in total. The average Bonchev–Trinajstić information content (AvgIpc) is 4.09. The van der Waals surface area contributed by atoms with Gasteiger partial charge in [-0.3, -0.25) is 4.57 Å². The number of benzene rings is 8. The van der Waals surface area contributed by atoms with E-state index >= 15 is 0 Å². The molecule has 0 amide bonds. The predicted octanol–water partition coefficient (Wildman–Crippen LogP) is 21.3. The lowest BCUT2D eigenvalue weighted by Gasteiger charge is -2.29. The van der Waals surface area contributed by atoms with E-state index in [1.807, 2.05) is 11.3 Å². The average molecular weight is 1080 g/mol. The molecule has 2 aliphatic carbocycles. The Kier molecular flexibility index (Phi) is 9.87. The highest BCUT2D eigenvalue weighted by Crippen LogP contribution is 2.58. The molecule has 5 heteroatoms. The molecule has 408 valence electrons. The number of hydrogen-bond donors (Lipinski definition) is 0. The summed E-state index contributed by atoms with van der Waals surface area (Å²) in [7, 11) is 0. The Balaban J connectivity index is 1.15. The quantitative estimate of drug-likeness (QED) is 0.121. The minimum absolute atomic E-state index is 0.00435. The summed E-state index contributed by atoms with van der Waals surface area (Å²) in [5.74, 6) is 0. The first-order valence-corrected chi connectivity index (χ1v) is 30.6. The van der Waals surface area contributed by atoms with Crippen LogP contribution >= 0.6 is 11.3 Å².